The van der Waals surface area contributed by atoms with Crippen molar-refractivity contribution in [1.82, 2.24) is 4.90 Å². The maximum absolute atomic E-state index is 12.9. The molecule has 0 spiro atoms. The highest BCUT2D eigenvalue weighted by Crippen LogP contribution is 2.55. The molecule has 0 amide bonds. The lowest BCUT2D eigenvalue weighted by Gasteiger charge is -2.60. The number of piperidine rings is 1. The second-order valence-electron chi connectivity index (χ2n) is 8.24. The normalized spacial score (nSPS) is 34.2. The molecular formula is C21H29NO5. The Morgan fingerprint density at radius 2 is 2.11 bits per heavy atom. The number of carbonyl (C=O) groups is 2. The van der Waals surface area contributed by atoms with Gasteiger partial charge in [-0.2, -0.15) is 0 Å². The molecule has 0 radical (unpaired) electrons. The minimum atomic E-state index is -1.19. The Kier molecular flexibility index (Phi) is 5.08. The van der Waals surface area contributed by atoms with Gasteiger partial charge in [0.2, 0.25) is 0 Å². The molecule has 1 aromatic rings. The van der Waals surface area contributed by atoms with Crippen molar-refractivity contribution < 1.29 is 24.5 Å². The zero-order valence-electron chi connectivity index (χ0n) is 16.5. The topological polar surface area (TPSA) is 87.1 Å². The highest BCUT2D eigenvalue weighted by atomic mass is 16.5. The molecule has 1 heterocycles. The minimum absolute atomic E-state index is 0.0685. The Morgan fingerprint density at radius 1 is 1.41 bits per heavy atom. The molecule has 0 aromatic heterocycles. The molecule has 3 rings (SSSR count). The summed E-state index contributed by atoms with van der Waals surface area (Å²) in [4.78, 5) is 26.3. The van der Waals surface area contributed by atoms with Gasteiger partial charge in [0, 0.05) is 23.8 Å². The van der Waals surface area contributed by atoms with Crippen molar-refractivity contribution in [2.75, 3.05) is 20.7 Å². The van der Waals surface area contributed by atoms with E-state index in [4.69, 9.17) is 4.74 Å². The van der Waals surface area contributed by atoms with Crippen LogP contribution in [0, 0.1) is 12.8 Å². The number of ketones is 1. The molecule has 2 fully saturated rings. The van der Waals surface area contributed by atoms with Crippen molar-refractivity contribution in [3.05, 3.63) is 29.3 Å². The van der Waals surface area contributed by atoms with E-state index in [2.05, 4.69) is 4.90 Å². The van der Waals surface area contributed by atoms with E-state index >= 15 is 0 Å². The molecule has 6 nitrogen and oxygen atoms in total. The zero-order chi connectivity index (χ0) is 20.0. The van der Waals surface area contributed by atoms with Crippen LogP contribution in [0.25, 0.3) is 0 Å². The SMILES string of the molecule is COc1ccc(C)c(C23CCN(C)[C@H](C)C2(O)C[C@H](CC(=O)O)C(=O)C3)c1. The van der Waals surface area contributed by atoms with Crippen LogP contribution in [-0.2, 0) is 15.0 Å². The van der Waals surface area contributed by atoms with Crippen molar-refractivity contribution in [2.45, 2.75) is 56.6 Å². The molecule has 1 saturated heterocycles. The number of hydrogen-bond acceptors (Lipinski definition) is 5. The lowest BCUT2D eigenvalue weighted by Crippen LogP contribution is -2.70. The molecule has 148 valence electrons. The van der Waals surface area contributed by atoms with Gasteiger partial charge in [0.15, 0.2) is 0 Å². The van der Waals surface area contributed by atoms with Gasteiger partial charge in [0.05, 0.1) is 19.1 Å². The van der Waals surface area contributed by atoms with E-state index in [1.807, 2.05) is 39.1 Å². The molecule has 2 N–H and O–H groups in total. The molecule has 27 heavy (non-hydrogen) atoms. The predicted octanol–water partition coefficient (Wildman–Crippen LogP) is 2.15. The number of rotatable bonds is 4. The number of carbonyl (C=O) groups excluding carboxylic acids is 1. The molecule has 2 unspecified atom stereocenters. The summed E-state index contributed by atoms with van der Waals surface area (Å²) in [5, 5.41) is 21.2. The van der Waals surface area contributed by atoms with Gasteiger partial charge in [-0.05, 0) is 63.5 Å². The molecule has 1 saturated carbocycles. The van der Waals surface area contributed by atoms with Crippen molar-refractivity contribution in [3.8, 4) is 5.75 Å². The molecule has 1 aromatic carbocycles. The van der Waals surface area contributed by atoms with Gasteiger partial charge >= 0.3 is 5.97 Å². The van der Waals surface area contributed by atoms with Crippen molar-refractivity contribution in [3.63, 3.8) is 0 Å². The van der Waals surface area contributed by atoms with Crippen LogP contribution in [0.2, 0.25) is 0 Å². The predicted molar refractivity (Wildman–Crippen MR) is 101 cm³/mol. The summed E-state index contributed by atoms with van der Waals surface area (Å²) in [6.07, 6.45) is 0.739. The largest absolute Gasteiger partial charge is 0.497 e. The molecular weight excluding hydrogens is 346 g/mol. The lowest BCUT2D eigenvalue weighted by molar-refractivity contribution is -0.173. The summed E-state index contributed by atoms with van der Waals surface area (Å²) in [6.45, 7) is 4.72. The maximum atomic E-state index is 12.9. The van der Waals surface area contributed by atoms with E-state index in [0.29, 0.717) is 12.2 Å². The van der Waals surface area contributed by atoms with Crippen molar-refractivity contribution in [1.29, 1.82) is 0 Å². The van der Waals surface area contributed by atoms with Crippen LogP contribution in [0.4, 0.5) is 0 Å². The van der Waals surface area contributed by atoms with Crippen LogP contribution in [0.5, 0.6) is 5.75 Å². The molecule has 1 aliphatic carbocycles. The highest BCUT2D eigenvalue weighted by molar-refractivity contribution is 5.87. The number of likely N-dealkylation sites (N-methyl/N-ethyl adjacent to an activating group) is 1. The Labute approximate surface area is 160 Å². The van der Waals surface area contributed by atoms with Crippen LogP contribution >= 0.6 is 0 Å². The number of ether oxygens (including phenoxy) is 1. The quantitative estimate of drug-likeness (QED) is 0.839. The Bertz CT molecular complexity index is 763. The van der Waals surface area contributed by atoms with E-state index in [9.17, 15) is 19.8 Å². The fourth-order valence-electron chi connectivity index (χ4n) is 5.18. The lowest BCUT2D eigenvalue weighted by atomic mass is 9.51. The first-order chi connectivity index (χ1) is 12.6. The van der Waals surface area contributed by atoms with Gasteiger partial charge in [-0.15, -0.1) is 0 Å². The van der Waals surface area contributed by atoms with E-state index in [1.54, 1.807) is 7.11 Å². The summed E-state index contributed by atoms with van der Waals surface area (Å²) in [5.74, 6) is -1.03. The first-order valence-electron chi connectivity index (χ1n) is 9.47. The number of methoxy groups -OCH3 is 1. The fourth-order valence-corrected chi connectivity index (χ4v) is 5.18. The Morgan fingerprint density at radius 3 is 2.74 bits per heavy atom. The molecule has 0 bridgehead atoms. The first-order valence-corrected chi connectivity index (χ1v) is 9.47. The van der Waals surface area contributed by atoms with Crippen molar-refractivity contribution >= 4 is 11.8 Å². The molecule has 1 aliphatic heterocycles. The minimum Gasteiger partial charge on any atom is -0.497 e. The Balaban J connectivity index is 2.16. The van der Waals surface area contributed by atoms with Gasteiger partial charge in [0.1, 0.15) is 11.5 Å². The molecule has 4 atom stereocenters. The summed E-state index contributed by atoms with van der Waals surface area (Å²) < 4.78 is 5.40. The van der Waals surface area contributed by atoms with Gasteiger partial charge in [0.25, 0.3) is 0 Å². The number of likely N-dealkylation sites (tertiary alicyclic amines) is 1. The van der Waals surface area contributed by atoms with Crippen molar-refractivity contribution in [2.24, 2.45) is 5.92 Å². The van der Waals surface area contributed by atoms with Gasteiger partial charge < -0.3 is 19.8 Å². The number of aliphatic hydroxyl groups is 1. The number of carboxylic acid groups (broad SMARTS) is 1. The maximum Gasteiger partial charge on any atom is 0.304 e. The molecule has 2 aliphatic rings. The van der Waals surface area contributed by atoms with Gasteiger partial charge in [-0.25, -0.2) is 0 Å². The second kappa shape index (κ2) is 6.91. The second-order valence-corrected chi connectivity index (χ2v) is 8.24. The van der Waals surface area contributed by atoms with E-state index in [1.165, 1.54) is 0 Å². The van der Waals surface area contributed by atoms with E-state index in [0.717, 1.165) is 17.7 Å². The number of Topliss-reactive ketones (excluding diaryl/α,β-unsaturated/α-hetero) is 1. The van der Waals surface area contributed by atoms with Gasteiger partial charge in [-0.1, -0.05) is 6.07 Å². The third-order valence-corrected chi connectivity index (χ3v) is 6.94. The molecule has 6 heteroatoms. The van der Waals surface area contributed by atoms with Crippen LogP contribution in [-0.4, -0.2) is 59.2 Å². The highest BCUT2D eigenvalue weighted by Gasteiger charge is 2.62. The van der Waals surface area contributed by atoms with Crippen LogP contribution in [0.1, 0.15) is 43.7 Å². The number of benzene rings is 1. The standard InChI is InChI=1S/C21H29NO5/c1-13-5-6-16(27-4)10-17(13)20-7-8-22(3)14(2)21(20,26)11-15(9-19(24)25)18(23)12-20/h5-6,10,14-15,26H,7-9,11-12H2,1-4H3,(H,24,25)/t14-,15+,20?,21?/m1/s1. The number of fused-ring (bicyclic) bond motifs is 1. The van der Waals surface area contributed by atoms with Crippen LogP contribution in [0.3, 0.4) is 0 Å². The van der Waals surface area contributed by atoms with Crippen LogP contribution in [0.15, 0.2) is 18.2 Å². The van der Waals surface area contributed by atoms with Gasteiger partial charge in [-0.3, -0.25) is 9.59 Å². The van der Waals surface area contributed by atoms with Crippen LogP contribution < -0.4 is 4.74 Å². The summed E-state index contributed by atoms with van der Waals surface area (Å²) in [7, 11) is 3.57. The monoisotopic (exact) mass is 375 g/mol. The smallest absolute Gasteiger partial charge is 0.304 e. The number of nitrogens with zero attached hydrogens (tertiary/aromatic N) is 1. The third-order valence-electron chi connectivity index (χ3n) is 6.94. The zero-order valence-corrected chi connectivity index (χ0v) is 16.5. The average molecular weight is 375 g/mol. The van der Waals surface area contributed by atoms with E-state index in [-0.39, 0.29) is 31.1 Å². The summed E-state index contributed by atoms with van der Waals surface area (Å²) in [5.41, 5.74) is 0.0244. The first kappa shape index (κ1) is 19.8. The Hall–Kier alpha value is -1.92. The third kappa shape index (κ3) is 3.05. The summed E-state index contributed by atoms with van der Waals surface area (Å²) in [6, 6.07) is 5.58. The number of carboxylic acids is 1. The number of aryl methyl sites for hydroxylation is 1. The fraction of sp³-hybridized carbons (Fsp3) is 0.619. The summed E-state index contributed by atoms with van der Waals surface area (Å²) >= 11 is 0. The number of aliphatic carboxylic acids is 1. The average Bonchev–Trinajstić information content (AvgIpc) is 2.61. The number of hydrogen-bond donors (Lipinski definition) is 2. The van der Waals surface area contributed by atoms with E-state index < -0.39 is 22.9 Å².